The van der Waals surface area contributed by atoms with E-state index in [0.29, 0.717) is 17.0 Å². The number of nitrogens with one attached hydrogen (secondary N) is 1. The van der Waals surface area contributed by atoms with Crippen LogP contribution in [-0.4, -0.2) is 39.6 Å². The molecule has 3 aromatic rings. The van der Waals surface area contributed by atoms with Gasteiger partial charge in [-0.25, -0.2) is 0 Å². The van der Waals surface area contributed by atoms with Gasteiger partial charge in [-0.3, -0.25) is 9.36 Å². The van der Waals surface area contributed by atoms with Crippen molar-refractivity contribution in [3.63, 3.8) is 0 Å². The Kier molecular flexibility index (Phi) is 7.25. The van der Waals surface area contributed by atoms with E-state index in [9.17, 15) is 4.79 Å². The Morgan fingerprint density at radius 2 is 1.74 bits per heavy atom. The molecule has 1 fully saturated rings. The maximum Gasteiger partial charge on any atom is 0.230 e. The molecule has 162 valence electrons. The van der Waals surface area contributed by atoms with Crippen LogP contribution in [0.2, 0.25) is 0 Å². The molecule has 4 rings (SSSR count). The van der Waals surface area contributed by atoms with Gasteiger partial charge in [-0.05, 0) is 49.2 Å². The number of para-hydroxylation sites is 1. The minimum Gasteiger partial charge on any atom is -0.497 e. The van der Waals surface area contributed by atoms with Crippen molar-refractivity contribution in [2.75, 3.05) is 12.9 Å². The second-order valence-electron chi connectivity index (χ2n) is 7.75. The molecule has 1 N–H and O–H groups in total. The monoisotopic (exact) mass is 436 g/mol. The molecule has 0 bridgehead atoms. The highest BCUT2D eigenvalue weighted by Gasteiger charge is 2.19. The van der Waals surface area contributed by atoms with Crippen molar-refractivity contribution in [1.82, 2.24) is 20.1 Å². The first kappa shape index (κ1) is 21.4. The van der Waals surface area contributed by atoms with Gasteiger partial charge in [0, 0.05) is 17.3 Å². The summed E-state index contributed by atoms with van der Waals surface area (Å²) in [5.74, 6) is 1.91. The van der Waals surface area contributed by atoms with Crippen molar-refractivity contribution in [3.05, 3.63) is 54.6 Å². The number of amides is 1. The van der Waals surface area contributed by atoms with Crippen molar-refractivity contribution in [3.8, 4) is 22.8 Å². The van der Waals surface area contributed by atoms with Crippen LogP contribution in [0.25, 0.3) is 17.1 Å². The Morgan fingerprint density at radius 3 is 2.42 bits per heavy atom. The van der Waals surface area contributed by atoms with Crippen LogP contribution in [0.5, 0.6) is 5.75 Å². The number of aromatic nitrogens is 3. The number of carbonyl (C=O) groups is 1. The first-order chi connectivity index (χ1) is 15.2. The van der Waals surface area contributed by atoms with E-state index < -0.39 is 0 Å². The Labute approximate surface area is 187 Å². The summed E-state index contributed by atoms with van der Waals surface area (Å²) in [5, 5.41) is 12.8. The van der Waals surface area contributed by atoms with Crippen LogP contribution in [-0.2, 0) is 4.79 Å². The lowest BCUT2D eigenvalue weighted by Gasteiger charge is -2.16. The zero-order chi connectivity index (χ0) is 21.5. The van der Waals surface area contributed by atoms with Crippen LogP contribution >= 0.6 is 11.8 Å². The fourth-order valence-corrected chi connectivity index (χ4v) is 4.69. The van der Waals surface area contributed by atoms with Gasteiger partial charge in [0.25, 0.3) is 0 Å². The predicted molar refractivity (Wildman–Crippen MR) is 124 cm³/mol. The third kappa shape index (κ3) is 5.47. The number of rotatable bonds is 7. The molecule has 1 aromatic heterocycles. The Hall–Kier alpha value is -2.80. The minimum atomic E-state index is 0.0607. The highest BCUT2D eigenvalue weighted by Crippen LogP contribution is 2.29. The van der Waals surface area contributed by atoms with Crippen LogP contribution in [0.4, 0.5) is 0 Å². The molecular formula is C24H28N4O2S. The third-order valence-electron chi connectivity index (χ3n) is 5.55. The number of nitrogens with zero attached hydrogens (tertiary/aromatic N) is 3. The second kappa shape index (κ2) is 10.5. The lowest BCUT2D eigenvalue weighted by molar-refractivity contribution is -0.119. The second-order valence-corrected chi connectivity index (χ2v) is 8.69. The van der Waals surface area contributed by atoms with E-state index in [1.165, 1.54) is 37.4 Å². The van der Waals surface area contributed by atoms with Crippen molar-refractivity contribution >= 4 is 17.7 Å². The third-order valence-corrected chi connectivity index (χ3v) is 6.48. The van der Waals surface area contributed by atoms with Crippen LogP contribution in [0, 0.1) is 0 Å². The Balaban J connectivity index is 1.53. The summed E-state index contributed by atoms with van der Waals surface area (Å²) in [5.41, 5.74) is 1.90. The summed E-state index contributed by atoms with van der Waals surface area (Å²) in [6, 6.07) is 18.0. The quantitative estimate of drug-likeness (QED) is 0.423. The van der Waals surface area contributed by atoms with Crippen molar-refractivity contribution in [1.29, 1.82) is 0 Å². The van der Waals surface area contributed by atoms with Gasteiger partial charge in [-0.1, -0.05) is 55.6 Å². The van der Waals surface area contributed by atoms with Crippen molar-refractivity contribution < 1.29 is 9.53 Å². The molecule has 0 radical (unpaired) electrons. The number of carbonyl (C=O) groups excluding carboxylic acids is 1. The molecule has 1 aliphatic rings. The van der Waals surface area contributed by atoms with Gasteiger partial charge in [-0.2, -0.15) is 0 Å². The summed E-state index contributed by atoms with van der Waals surface area (Å²) in [6.45, 7) is 0. The first-order valence-corrected chi connectivity index (χ1v) is 11.8. The van der Waals surface area contributed by atoms with Gasteiger partial charge in [0.1, 0.15) is 5.75 Å². The summed E-state index contributed by atoms with van der Waals surface area (Å²) < 4.78 is 7.27. The number of hydrogen-bond acceptors (Lipinski definition) is 5. The maximum absolute atomic E-state index is 12.6. The number of methoxy groups -OCH3 is 1. The van der Waals surface area contributed by atoms with E-state index in [1.807, 2.05) is 59.2 Å². The van der Waals surface area contributed by atoms with Crippen LogP contribution in [0.3, 0.4) is 0 Å². The molecule has 31 heavy (non-hydrogen) atoms. The number of thioether (sulfide) groups is 1. The predicted octanol–water partition coefficient (Wildman–Crippen LogP) is 4.87. The highest BCUT2D eigenvalue weighted by atomic mass is 32.2. The smallest absolute Gasteiger partial charge is 0.230 e. The Bertz CT molecular complexity index is 981. The van der Waals surface area contributed by atoms with Crippen molar-refractivity contribution in [2.24, 2.45) is 0 Å². The molecule has 6 nitrogen and oxygen atoms in total. The van der Waals surface area contributed by atoms with E-state index in [2.05, 4.69) is 15.5 Å². The fraction of sp³-hybridized carbons (Fsp3) is 0.375. The molecule has 1 aliphatic carbocycles. The van der Waals surface area contributed by atoms with Crippen LogP contribution in [0.15, 0.2) is 59.8 Å². The van der Waals surface area contributed by atoms with E-state index >= 15 is 0 Å². The zero-order valence-corrected chi connectivity index (χ0v) is 18.6. The molecule has 1 saturated carbocycles. The lowest BCUT2D eigenvalue weighted by Crippen LogP contribution is -2.35. The van der Waals surface area contributed by atoms with Gasteiger partial charge in [0.2, 0.25) is 5.91 Å². The number of ether oxygens (including phenoxy) is 1. The average Bonchev–Trinajstić information content (AvgIpc) is 3.07. The lowest BCUT2D eigenvalue weighted by atomic mass is 10.1. The van der Waals surface area contributed by atoms with Gasteiger partial charge >= 0.3 is 0 Å². The average molecular weight is 437 g/mol. The fourth-order valence-electron chi connectivity index (χ4n) is 3.92. The van der Waals surface area contributed by atoms with Crippen molar-refractivity contribution in [2.45, 2.75) is 49.7 Å². The van der Waals surface area contributed by atoms with Gasteiger partial charge in [-0.15, -0.1) is 10.2 Å². The van der Waals surface area contributed by atoms with E-state index in [0.717, 1.165) is 35.7 Å². The summed E-state index contributed by atoms with van der Waals surface area (Å²) in [4.78, 5) is 12.6. The van der Waals surface area contributed by atoms with E-state index in [1.54, 1.807) is 7.11 Å². The molecule has 0 aliphatic heterocycles. The minimum absolute atomic E-state index is 0.0607. The molecular weight excluding hydrogens is 408 g/mol. The molecule has 0 atom stereocenters. The number of hydrogen-bond donors (Lipinski definition) is 1. The zero-order valence-electron chi connectivity index (χ0n) is 17.8. The molecule has 1 amide bonds. The van der Waals surface area contributed by atoms with Gasteiger partial charge in [0.15, 0.2) is 11.0 Å². The van der Waals surface area contributed by atoms with Gasteiger partial charge < -0.3 is 10.1 Å². The highest BCUT2D eigenvalue weighted by molar-refractivity contribution is 7.99. The maximum atomic E-state index is 12.6. The van der Waals surface area contributed by atoms with Gasteiger partial charge in [0.05, 0.1) is 12.9 Å². The van der Waals surface area contributed by atoms with E-state index in [-0.39, 0.29) is 5.91 Å². The SMILES string of the molecule is COc1ccc(-c2nnc(SCC(=O)NC3CCCCCC3)n2-c2ccccc2)cc1. The molecule has 7 heteroatoms. The largest absolute Gasteiger partial charge is 0.497 e. The summed E-state index contributed by atoms with van der Waals surface area (Å²) >= 11 is 1.42. The topological polar surface area (TPSA) is 69.0 Å². The molecule has 1 heterocycles. The first-order valence-electron chi connectivity index (χ1n) is 10.8. The normalized spacial score (nSPS) is 14.7. The molecule has 0 spiro atoms. The van der Waals surface area contributed by atoms with E-state index in [4.69, 9.17) is 4.74 Å². The molecule has 0 saturated heterocycles. The molecule has 0 unspecified atom stereocenters. The standard InChI is InChI=1S/C24H28N4O2S/c1-30-21-15-13-18(14-16-21)23-26-27-24(28(23)20-11-7-4-8-12-20)31-17-22(29)25-19-9-5-2-3-6-10-19/h4,7-8,11-16,19H,2-3,5-6,9-10,17H2,1H3,(H,25,29). The Morgan fingerprint density at radius 1 is 1.03 bits per heavy atom. The number of benzene rings is 2. The summed E-state index contributed by atoms with van der Waals surface area (Å²) in [7, 11) is 1.65. The summed E-state index contributed by atoms with van der Waals surface area (Å²) in [6.07, 6.45) is 7.11. The van der Waals surface area contributed by atoms with Crippen LogP contribution in [0.1, 0.15) is 38.5 Å². The van der Waals surface area contributed by atoms with Crippen LogP contribution < -0.4 is 10.1 Å². The molecule has 2 aromatic carbocycles.